The molecule has 0 bridgehead atoms. The van der Waals surface area contributed by atoms with Crippen LogP contribution >= 0.6 is 0 Å². The van der Waals surface area contributed by atoms with E-state index in [0.717, 1.165) is 18.4 Å². The van der Waals surface area contributed by atoms with Gasteiger partial charge in [0.15, 0.2) is 17.2 Å². The molecule has 0 radical (unpaired) electrons. The molecule has 0 aromatic carbocycles. The third-order valence-electron chi connectivity index (χ3n) is 8.72. The number of rotatable bonds is 2. The van der Waals surface area contributed by atoms with Gasteiger partial charge in [-0.15, -0.1) is 0 Å². The number of ketones is 2. The number of epoxide rings is 1. The van der Waals surface area contributed by atoms with Gasteiger partial charge in [-0.25, -0.2) is 0 Å². The highest BCUT2D eigenvalue weighted by Crippen LogP contribution is 2.75. The predicted octanol–water partition coefficient (Wildman–Crippen LogP) is 0.689. The zero-order chi connectivity index (χ0) is 19.4. The number of carbonyl (C=O) groups excluding carboxylic acids is 2. The summed E-state index contributed by atoms with van der Waals surface area (Å²) in [5, 5.41) is 31.3. The number of allylic oxidation sites excluding steroid dienone is 2. The van der Waals surface area contributed by atoms with E-state index in [4.69, 9.17) is 4.74 Å². The normalized spacial score (nSPS) is 55.1. The van der Waals surface area contributed by atoms with Crippen molar-refractivity contribution < 1.29 is 29.6 Å². The largest absolute Gasteiger partial charge is 0.390 e. The van der Waals surface area contributed by atoms with Crippen molar-refractivity contribution in [2.45, 2.75) is 62.9 Å². The highest BCUT2D eigenvalue weighted by Gasteiger charge is 2.82. The minimum Gasteiger partial charge on any atom is -0.390 e. The first-order valence-electron chi connectivity index (χ1n) is 9.82. The minimum absolute atomic E-state index is 0.00868. The molecule has 146 valence electrons. The topological polar surface area (TPSA) is 107 Å². The SMILES string of the molecule is C[C@]12C=CC(=O)C=C1CC[C@H]1[C@@H]3C[C@@H](O)[C@](O)(C(=O)CO)[C@@]3(C)CC3OC312. The first-order chi connectivity index (χ1) is 12.6. The van der Waals surface area contributed by atoms with Gasteiger partial charge in [0.1, 0.15) is 12.2 Å². The van der Waals surface area contributed by atoms with E-state index in [1.165, 1.54) is 0 Å². The molecule has 0 aromatic rings. The van der Waals surface area contributed by atoms with Crippen LogP contribution in [0.15, 0.2) is 23.8 Å². The van der Waals surface area contributed by atoms with E-state index in [1.807, 2.05) is 13.0 Å². The minimum atomic E-state index is -1.94. The average Bonchev–Trinajstić information content (AvgIpc) is 3.31. The molecule has 27 heavy (non-hydrogen) atoms. The fourth-order valence-electron chi connectivity index (χ4n) is 7.29. The van der Waals surface area contributed by atoms with Crippen LogP contribution in [0.4, 0.5) is 0 Å². The fourth-order valence-corrected chi connectivity index (χ4v) is 7.29. The van der Waals surface area contributed by atoms with E-state index in [0.29, 0.717) is 12.8 Å². The number of carbonyl (C=O) groups is 2. The molecule has 2 unspecified atom stereocenters. The Morgan fingerprint density at radius 3 is 2.78 bits per heavy atom. The van der Waals surface area contributed by atoms with Gasteiger partial charge in [-0.1, -0.05) is 18.6 Å². The van der Waals surface area contributed by atoms with Crippen molar-refractivity contribution in [2.24, 2.45) is 22.7 Å². The van der Waals surface area contributed by atoms with Gasteiger partial charge in [-0.3, -0.25) is 9.59 Å². The van der Waals surface area contributed by atoms with Crippen molar-refractivity contribution in [3.05, 3.63) is 23.8 Å². The summed E-state index contributed by atoms with van der Waals surface area (Å²) < 4.78 is 6.35. The van der Waals surface area contributed by atoms with Gasteiger partial charge >= 0.3 is 0 Å². The Hall–Kier alpha value is -1.34. The predicted molar refractivity (Wildman–Crippen MR) is 94.5 cm³/mol. The van der Waals surface area contributed by atoms with Crippen molar-refractivity contribution in [2.75, 3.05) is 6.61 Å². The molecular formula is C21H26O6. The molecule has 0 amide bonds. The molecule has 1 spiro atoms. The van der Waals surface area contributed by atoms with Crippen LogP contribution in [0.3, 0.4) is 0 Å². The van der Waals surface area contributed by atoms with Crippen LogP contribution < -0.4 is 0 Å². The Morgan fingerprint density at radius 1 is 1.33 bits per heavy atom. The van der Waals surface area contributed by atoms with Gasteiger partial charge in [0.05, 0.1) is 12.2 Å². The Morgan fingerprint density at radius 2 is 2.07 bits per heavy atom. The van der Waals surface area contributed by atoms with Gasteiger partial charge in [-0.05, 0) is 56.6 Å². The van der Waals surface area contributed by atoms with Crippen LogP contribution in [-0.2, 0) is 14.3 Å². The van der Waals surface area contributed by atoms with Crippen molar-refractivity contribution >= 4 is 11.6 Å². The average molecular weight is 374 g/mol. The van der Waals surface area contributed by atoms with Gasteiger partial charge < -0.3 is 20.1 Å². The summed E-state index contributed by atoms with van der Waals surface area (Å²) in [5.74, 6) is -0.708. The number of hydrogen-bond donors (Lipinski definition) is 3. The number of aliphatic hydroxyl groups is 3. The second-order valence-electron chi connectivity index (χ2n) is 9.48. The molecule has 1 saturated heterocycles. The standard InChI is InChI=1S/C21H26O6/c1-18-6-5-12(23)7-11(18)3-4-13-14-8-15(24)20(26,16(25)10-22)19(14,2)9-17-21(13,18)27-17/h5-7,13-15,17,22,24,26H,3-4,8-10H2,1-2H3/t13-,14-,15+,17?,18-,19-,20-,21?/m0/s1. The Labute approximate surface area is 157 Å². The summed E-state index contributed by atoms with van der Waals surface area (Å²) in [6, 6.07) is 0. The number of hydrogen-bond acceptors (Lipinski definition) is 6. The summed E-state index contributed by atoms with van der Waals surface area (Å²) in [4.78, 5) is 24.3. The van der Waals surface area contributed by atoms with Crippen molar-refractivity contribution in [1.82, 2.24) is 0 Å². The molecule has 4 fully saturated rings. The maximum Gasteiger partial charge on any atom is 0.192 e. The lowest BCUT2D eigenvalue weighted by Crippen LogP contribution is -2.63. The van der Waals surface area contributed by atoms with Crippen molar-refractivity contribution in [3.8, 4) is 0 Å². The molecule has 4 aliphatic carbocycles. The zero-order valence-corrected chi connectivity index (χ0v) is 15.6. The van der Waals surface area contributed by atoms with Crippen LogP contribution in [-0.4, -0.2) is 56.9 Å². The van der Waals surface area contributed by atoms with E-state index in [9.17, 15) is 24.9 Å². The summed E-state index contributed by atoms with van der Waals surface area (Å²) in [7, 11) is 0. The number of ether oxygens (including phenoxy) is 1. The molecule has 5 aliphatic rings. The molecule has 8 atom stereocenters. The maximum atomic E-state index is 12.5. The number of fused-ring (bicyclic) bond motifs is 3. The third kappa shape index (κ3) is 1.73. The number of Topliss-reactive ketones (excluding diaryl/α,β-unsaturated/α-hetero) is 1. The third-order valence-corrected chi connectivity index (χ3v) is 8.72. The fraction of sp³-hybridized carbons (Fsp3) is 0.714. The van der Waals surface area contributed by atoms with Crippen LogP contribution in [0.2, 0.25) is 0 Å². The lowest BCUT2D eigenvalue weighted by molar-refractivity contribution is -0.173. The molecule has 1 aliphatic heterocycles. The first kappa shape index (κ1) is 17.7. The second-order valence-corrected chi connectivity index (χ2v) is 9.48. The Kier molecular flexibility index (Phi) is 3.27. The van der Waals surface area contributed by atoms with E-state index >= 15 is 0 Å². The summed E-state index contributed by atoms with van der Waals surface area (Å²) in [6.07, 6.45) is 6.33. The molecule has 6 nitrogen and oxygen atoms in total. The van der Waals surface area contributed by atoms with Crippen molar-refractivity contribution in [3.63, 3.8) is 0 Å². The van der Waals surface area contributed by atoms with Gasteiger partial charge in [0.25, 0.3) is 0 Å². The summed E-state index contributed by atoms with van der Waals surface area (Å²) in [6.45, 7) is 3.20. The smallest absolute Gasteiger partial charge is 0.192 e. The molecular weight excluding hydrogens is 348 g/mol. The van der Waals surface area contributed by atoms with Crippen LogP contribution in [0.5, 0.6) is 0 Å². The summed E-state index contributed by atoms with van der Waals surface area (Å²) >= 11 is 0. The highest BCUT2D eigenvalue weighted by molar-refractivity contribution is 6.01. The zero-order valence-electron chi connectivity index (χ0n) is 15.6. The van der Waals surface area contributed by atoms with Crippen LogP contribution in [0.25, 0.3) is 0 Å². The van der Waals surface area contributed by atoms with E-state index in [2.05, 4.69) is 6.92 Å². The quantitative estimate of drug-likeness (QED) is 0.614. The Balaban J connectivity index is 1.60. The Bertz CT molecular complexity index is 815. The molecule has 6 heteroatoms. The van der Waals surface area contributed by atoms with E-state index < -0.39 is 35.1 Å². The summed E-state index contributed by atoms with van der Waals surface area (Å²) in [5.41, 5.74) is -2.50. The molecule has 1 heterocycles. The monoisotopic (exact) mass is 374 g/mol. The maximum absolute atomic E-state index is 12.5. The van der Waals surface area contributed by atoms with Gasteiger partial charge in [-0.2, -0.15) is 0 Å². The van der Waals surface area contributed by atoms with Crippen LogP contribution in [0.1, 0.15) is 39.5 Å². The first-order valence-corrected chi connectivity index (χ1v) is 9.82. The van der Waals surface area contributed by atoms with Gasteiger partial charge in [0, 0.05) is 10.8 Å². The number of aliphatic hydroxyl groups excluding tert-OH is 2. The molecule has 3 N–H and O–H groups in total. The van der Waals surface area contributed by atoms with E-state index in [1.54, 1.807) is 12.2 Å². The molecule has 0 aromatic heterocycles. The van der Waals surface area contributed by atoms with E-state index in [-0.39, 0.29) is 29.1 Å². The van der Waals surface area contributed by atoms with Crippen LogP contribution in [0, 0.1) is 22.7 Å². The lowest BCUT2D eigenvalue weighted by atomic mass is 9.47. The molecule has 3 saturated carbocycles. The lowest BCUT2D eigenvalue weighted by Gasteiger charge is -2.55. The molecule has 5 rings (SSSR count). The second kappa shape index (κ2) is 4.98. The van der Waals surface area contributed by atoms with Gasteiger partial charge in [0.2, 0.25) is 0 Å². The highest BCUT2D eigenvalue weighted by atomic mass is 16.6. The van der Waals surface area contributed by atoms with Crippen molar-refractivity contribution in [1.29, 1.82) is 0 Å².